The number of hydrogen-bond acceptors (Lipinski definition) is 4. The van der Waals surface area contributed by atoms with Gasteiger partial charge in [0, 0.05) is 29.9 Å². The molecule has 0 amide bonds. The van der Waals surface area contributed by atoms with Crippen molar-refractivity contribution in [3.8, 4) is 28.3 Å². The fourth-order valence-corrected chi connectivity index (χ4v) is 3.49. The van der Waals surface area contributed by atoms with Crippen molar-refractivity contribution in [1.82, 2.24) is 9.97 Å². The highest BCUT2D eigenvalue weighted by Crippen LogP contribution is 2.24. The molecule has 32 heavy (non-hydrogen) atoms. The first-order chi connectivity index (χ1) is 15.6. The molecule has 0 radical (unpaired) electrons. The van der Waals surface area contributed by atoms with E-state index in [-0.39, 0.29) is 5.97 Å². The van der Waals surface area contributed by atoms with Crippen LogP contribution in [0.4, 0.5) is 0 Å². The summed E-state index contributed by atoms with van der Waals surface area (Å²) in [6, 6.07) is 16.0. The van der Waals surface area contributed by atoms with Gasteiger partial charge in [-0.15, -0.1) is 0 Å². The van der Waals surface area contributed by atoms with E-state index in [2.05, 4.69) is 55.0 Å². The standard InChI is InChI=1S/C28H34N2O2/c1-4-6-7-8-22-10-12-24(13-11-22)28-29-19-25(20-30-28)23-14-16-26(17-15-23)32-27(31)18-9-21(3)5-2/h10-17,19-21H,4-9,18H2,1-3H3. The third-order valence-corrected chi connectivity index (χ3v) is 5.89. The lowest BCUT2D eigenvalue weighted by atomic mass is 10.0. The van der Waals surface area contributed by atoms with Gasteiger partial charge < -0.3 is 4.74 Å². The van der Waals surface area contributed by atoms with Gasteiger partial charge in [-0.1, -0.05) is 76.4 Å². The second kappa shape index (κ2) is 12.1. The normalized spacial score (nSPS) is 11.8. The molecule has 3 rings (SSSR count). The number of aromatic nitrogens is 2. The maximum Gasteiger partial charge on any atom is 0.311 e. The number of aryl methyl sites for hydroxylation is 1. The maximum atomic E-state index is 12.0. The maximum absolute atomic E-state index is 12.0. The molecule has 4 nitrogen and oxygen atoms in total. The van der Waals surface area contributed by atoms with Crippen molar-refractivity contribution in [1.29, 1.82) is 0 Å². The average Bonchev–Trinajstić information content (AvgIpc) is 2.84. The quantitative estimate of drug-likeness (QED) is 0.182. The molecule has 3 aromatic rings. The molecule has 0 N–H and O–H groups in total. The van der Waals surface area contributed by atoms with Gasteiger partial charge in [0.2, 0.25) is 0 Å². The van der Waals surface area contributed by atoms with Gasteiger partial charge in [-0.25, -0.2) is 9.97 Å². The van der Waals surface area contributed by atoms with Crippen LogP contribution in [0, 0.1) is 5.92 Å². The summed E-state index contributed by atoms with van der Waals surface area (Å²) in [5.41, 5.74) is 4.30. The molecule has 0 fully saturated rings. The first-order valence-corrected chi connectivity index (χ1v) is 11.8. The van der Waals surface area contributed by atoms with Crippen LogP contribution in [0.5, 0.6) is 5.75 Å². The second-order valence-corrected chi connectivity index (χ2v) is 8.50. The Bertz CT molecular complexity index is 964. The monoisotopic (exact) mass is 430 g/mol. The molecule has 1 unspecified atom stereocenters. The summed E-state index contributed by atoms with van der Waals surface area (Å²) in [6.45, 7) is 6.51. The summed E-state index contributed by atoms with van der Waals surface area (Å²) in [7, 11) is 0. The fourth-order valence-electron chi connectivity index (χ4n) is 3.49. The molecule has 1 heterocycles. The summed E-state index contributed by atoms with van der Waals surface area (Å²) in [5, 5.41) is 0. The number of hydrogen-bond donors (Lipinski definition) is 0. The molecule has 0 aliphatic rings. The fraction of sp³-hybridized carbons (Fsp3) is 0.393. The molecular formula is C28H34N2O2. The van der Waals surface area contributed by atoms with Crippen LogP contribution in [0.1, 0.15) is 64.9 Å². The molecule has 0 saturated carbocycles. The molecule has 0 aliphatic carbocycles. The van der Waals surface area contributed by atoms with Gasteiger partial charge in [-0.05, 0) is 48.4 Å². The van der Waals surface area contributed by atoms with Gasteiger partial charge in [0.15, 0.2) is 5.82 Å². The predicted molar refractivity (Wildman–Crippen MR) is 130 cm³/mol. The van der Waals surface area contributed by atoms with Crippen LogP contribution < -0.4 is 4.74 Å². The van der Waals surface area contributed by atoms with Crippen molar-refractivity contribution >= 4 is 5.97 Å². The molecule has 1 atom stereocenters. The summed E-state index contributed by atoms with van der Waals surface area (Å²) in [5.74, 6) is 1.65. The first-order valence-electron chi connectivity index (χ1n) is 11.8. The minimum atomic E-state index is -0.179. The van der Waals surface area contributed by atoms with Crippen LogP contribution in [0.15, 0.2) is 60.9 Å². The van der Waals surface area contributed by atoms with Crippen LogP contribution in [-0.2, 0) is 11.2 Å². The van der Waals surface area contributed by atoms with Gasteiger partial charge in [-0.2, -0.15) is 0 Å². The minimum Gasteiger partial charge on any atom is -0.427 e. The average molecular weight is 431 g/mol. The Morgan fingerprint density at radius 2 is 1.53 bits per heavy atom. The van der Waals surface area contributed by atoms with E-state index in [0.29, 0.717) is 18.1 Å². The summed E-state index contributed by atoms with van der Waals surface area (Å²) in [4.78, 5) is 21.1. The Labute approximate surface area is 192 Å². The van der Waals surface area contributed by atoms with Gasteiger partial charge in [0.1, 0.15) is 5.75 Å². The number of carbonyl (C=O) groups is 1. The third-order valence-electron chi connectivity index (χ3n) is 5.89. The van der Waals surface area contributed by atoms with E-state index in [0.717, 1.165) is 41.8 Å². The van der Waals surface area contributed by atoms with Crippen LogP contribution in [0.2, 0.25) is 0 Å². The molecule has 2 aromatic carbocycles. The zero-order valence-corrected chi connectivity index (χ0v) is 19.5. The minimum absolute atomic E-state index is 0.179. The van der Waals surface area contributed by atoms with Crippen molar-refractivity contribution in [2.45, 2.75) is 65.7 Å². The molecular weight excluding hydrogens is 396 g/mol. The van der Waals surface area contributed by atoms with Crippen molar-refractivity contribution < 1.29 is 9.53 Å². The topological polar surface area (TPSA) is 52.1 Å². The number of carbonyl (C=O) groups excluding carboxylic acids is 1. The summed E-state index contributed by atoms with van der Waals surface area (Å²) >= 11 is 0. The highest BCUT2D eigenvalue weighted by molar-refractivity contribution is 5.73. The van der Waals surface area contributed by atoms with E-state index in [1.165, 1.54) is 24.8 Å². The number of ether oxygens (including phenoxy) is 1. The van der Waals surface area contributed by atoms with Crippen molar-refractivity contribution in [2.75, 3.05) is 0 Å². The van der Waals surface area contributed by atoms with E-state index in [4.69, 9.17) is 4.74 Å². The number of unbranched alkanes of at least 4 members (excludes halogenated alkanes) is 2. The zero-order chi connectivity index (χ0) is 22.8. The smallest absolute Gasteiger partial charge is 0.311 e. The zero-order valence-electron chi connectivity index (χ0n) is 19.5. The number of benzene rings is 2. The van der Waals surface area contributed by atoms with Crippen LogP contribution in [-0.4, -0.2) is 15.9 Å². The van der Waals surface area contributed by atoms with E-state index in [9.17, 15) is 4.79 Å². The third kappa shape index (κ3) is 7.01. The van der Waals surface area contributed by atoms with E-state index in [1.54, 1.807) is 0 Å². The Morgan fingerprint density at radius 1 is 0.875 bits per heavy atom. The highest BCUT2D eigenvalue weighted by atomic mass is 16.5. The Morgan fingerprint density at radius 3 is 2.16 bits per heavy atom. The van der Waals surface area contributed by atoms with Gasteiger partial charge in [0.05, 0.1) is 0 Å². The predicted octanol–water partition coefficient (Wildman–Crippen LogP) is 7.28. The van der Waals surface area contributed by atoms with Crippen LogP contribution in [0.3, 0.4) is 0 Å². The first kappa shape index (κ1) is 23.6. The van der Waals surface area contributed by atoms with E-state index >= 15 is 0 Å². The van der Waals surface area contributed by atoms with Gasteiger partial charge in [0.25, 0.3) is 0 Å². The van der Waals surface area contributed by atoms with Crippen molar-refractivity contribution in [3.63, 3.8) is 0 Å². The lowest BCUT2D eigenvalue weighted by Crippen LogP contribution is -2.09. The summed E-state index contributed by atoms with van der Waals surface area (Å²) in [6.07, 6.45) is 10.9. The number of esters is 1. The van der Waals surface area contributed by atoms with Gasteiger partial charge in [-0.3, -0.25) is 4.79 Å². The van der Waals surface area contributed by atoms with Crippen molar-refractivity contribution in [2.24, 2.45) is 5.92 Å². The largest absolute Gasteiger partial charge is 0.427 e. The molecule has 0 aliphatic heterocycles. The molecule has 0 bridgehead atoms. The Hall–Kier alpha value is -3.01. The highest BCUT2D eigenvalue weighted by Gasteiger charge is 2.09. The molecule has 0 saturated heterocycles. The van der Waals surface area contributed by atoms with Crippen LogP contribution >= 0.6 is 0 Å². The van der Waals surface area contributed by atoms with E-state index < -0.39 is 0 Å². The Balaban J connectivity index is 1.58. The van der Waals surface area contributed by atoms with Gasteiger partial charge >= 0.3 is 5.97 Å². The lowest BCUT2D eigenvalue weighted by molar-refractivity contribution is -0.134. The number of rotatable bonds is 11. The second-order valence-electron chi connectivity index (χ2n) is 8.50. The Kier molecular flexibility index (Phi) is 8.97. The SMILES string of the molecule is CCCCCc1ccc(-c2ncc(-c3ccc(OC(=O)CCC(C)CC)cc3)cn2)cc1. The lowest BCUT2D eigenvalue weighted by Gasteiger charge is -2.09. The summed E-state index contributed by atoms with van der Waals surface area (Å²) < 4.78 is 5.45. The molecule has 168 valence electrons. The number of nitrogens with zero attached hydrogens (tertiary/aromatic N) is 2. The molecule has 4 heteroatoms. The van der Waals surface area contributed by atoms with E-state index in [1.807, 2.05) is 36.7 Å². The molecule has 1 aromatic heterocycles. The van der Waals surface area contributed by atoms with Crippen LogP contribution in [0.25, 0.3) is 22.5 Å². The van der Waals surface area contributed by atoms with Crippen molar-refractivity contribution in [3.05, 3.63) is 66.5 Å². The molecule has 0 spiro atoms.